The van der Waals surface area contributed by atoms with Crippen LogP contribution in [0.15, 0.2) is 18.3 Å². The van der Waals surface area contributed by atoms with Gasteiger partial charge in [-0.25, -0.2) is 0 Å². The van der Waals surface area contributed by atoms with E-state index in [2.05, 4.69) is 4.98 Å². The summed E-state index contributed by atoms with van der Waals surface area (Å²) in [6.07, 6.45) is 1.06. The van der Waals surface area contributed by atoms with Crippen LogP contribution in [0, 0.1) is 0 Å². The Morgan fingerprint density at radius 1 is 1.53 bits per heavy atom. The maximum atomic E-state index is 12.1. The molecule has 6 nitrogen and oxygen atoms in total. The number of ether oxygens (including phenoxy) is 2. The standard InChI is InChI=1S/C13H19N3O3/c1-10(13(17)16-4-6-18-7-5-16)19-12-3-2-11(8-14)15-9-12/h2-3,9-10H,4-8,14H2,1H3. The van der Waals surface area contributed by atoms with Crippen LogP contribution in [0.25, 0.3) is 0 Å². The second-order valence-electron chi connectivity index (χ2n) is 4.39. The molecule has 2 heterocycles. The molecule has 2 N–H and O–H groups in total. The van der Waals surface area contributed by atoms with E-state index in [1.54, 1.807) is 30.2 Å². The zero-order chi connectivity index (χ0) is 13.7. The number of morpholine rings is 1. The van der Waals surface area contributed by atoms with Gasteiger partial charge in [-0.15, -0.1) is 0 Å². The Bertz CT molecular complexity index is 416. The van der Waals surface area contributed by atoms with Crippen molar-refractivity contribution in [1.29, 1.82) is 0 Å². The molecule has 1 aliphatic rings. The molecule has 0 bridgehead atoms. The van der Waals surface area contributed by atoms with Crippen molar-refractivity contribution >= 4 is 5.91 Å². The molecule has 1 amide bonds. The first-order valence-corrected chi connectivity index (χ1v) is 6.39. The van der Waals surface area contributed by atoms with Crippen molar-refractivity contribution in [3.63, 3.8) is 0 Å². The minimum atomic E-state index is -0.524. The zero-order valence-corrected chi connectivity index (χ0v) is 11.0. The maximum Gasteiger partial charge on any atom is 0.263 e. The van der Waals surface area contributed by atoms with Crippen LogP contribution in [-0.4, -0.2) is 48.2 Å². The van der Waals surface area contributed by atoms with Crippen molar-refractivity contribution in [3.05, 3.63) is 24.0 Å². The van der Waals surface area contributed by atoms with Crippen molar-refractivity contribution < 1.29 is 14.3 Å². The molecule has 1 aliphatic heterocycles. The largest absolute Gasteiger partial charge is 0.479 e. The molecule has 0 radical (unpaired) electrons. The van der Waals surface area contributed by atoms with E-state index in [4.69, 9.17) is 15.2 Å². The van der Waals surface area contributed by atoms with E-state index < -0.39 is 6.10 Å². The highest BCUT2D eigenvalue weighted by molar-refractivity contribution is 5.81. The second-order valence-corrected chi connectivity index (χ2v) is 4.39. The van der Waals surface area contributed by atoms with Gasteiger partial charge in [0, 0.05) is 19.6 Å². The lowest BCUT2D eigenvalue weighted by Crippen LogP contribution is -2.46. The molecule has 1 unspecified atom stereocenters. The van der Waals surface area contributed by atoms with Crippen LogP contribution in [0.4, 0.5) is 0 Å². The summed E-state index contributed by atoms with van der Waals surface area (Å²) in [7, 11) is 0. The average molecular weight is 265 g/mol. The van der Waals surface area contributed by atoms with Gasteiger partial charge in [0.05, 0.1) is 25.1 Å². The Labute approximate surface area is 112 Å². The number of nitrogens with two attached hydrogens (primary N) is 1. The third-order valence-electron chi connectivity index (χ3n) is 2.99. The van der Waals surface area contributed by atoms with Crippen molar-refractivity contribution in [1.82, 2.24) is 9.88 Å². The van der Waals surface area contributed by atoms with Gasteiger partial charge in [-0.2, -0.15) is 0 Å². The molecule has 0 spiro atoms. The third kappa shape index (κ3) is 3.65. The van der Waals surface area contributed by atoms with Crippen molar-refractivity contribution in [2.45, 2.75) is 19.6 Å². The monoisotopic (exact) mass is 265 g/mol. The lowest BCUT2D eigenvalue weighted by Gasteiger charge is -2.29. The lowest BCUT2D eigenvalue weighted by atomic mass is 10.3. The van der Waals surface area contributed by atoms with Gasteiger partial charge in [-0.1, -0.05) is 0 Å². The number of carbonyl (C=O) groups excluding carboxylic acids is 1. The first-order chi connectivity index (χ1) is 9.20. The van der Waals surface area contributed by atoms with Crippen LogP contribution in [0.1, 0.15) is 12.6 Å². The Hall–Kier alpha value is -1.66. The molecule has 1 aromatic heterocycles. The van der Waals surface area contributed by atoms with Crippen molar-refractivity contribution in [3.8, 4) is 5.75 Å². The summed E-state index contributed by atoms with van der Waals surface area (Å²) in [6.45, 7) is 4.56. The molecule has 1 aromatic rings. The number of nitrogens with zero attached hydrogens (tertiary/aromatic N) is 2. The van der Waals surface area contributed by atoms with E-state index in [0.717, 1.165) is 5.69 Å². The molecule has 104 valence electrons. The number of rotatable bonds is 4. The van der Waals surface area contributed by atoms with Gasteiger partial charge in [0.15, 0.2) is 6.10 Å². The fraction of sp³-hybridized carbons (Fsp3) is 0.538. The number of aromatic nitrogens is 1. The fourth-order valence-corrected chi connectivity index (χ4v) is 1.90. The minimum absolute atomic E-state index is 0.0220. The molecule has 1 saturated heterocycles. The highest BCUT2D eigenvalue weighted by Gasteiger charge is 2.23. The topological polar surface area (TPSA) is 77.7 Å². The van der Waals surface area contributed by atoms with E-state index in [1.165, 1.54) is 0 Å². The summed E-state index contributed by atoms with van der Waals surface area (Å²) < 4.78 is 10.8. The molecule has 6 heteroatoms. The SMILES string of the molecule is CC(Oc1ccc(CN)nc1)C(=O)N1CCOCC1. The summed E-state index contributed by atoms with van der Waals surface area (Å²) in [4.78, 5) is 18.0. The summed E-state index contributed by atoms with van der Waals surface area (Å²) in [5.74, 6) is 0.553. The molecular weight excluding hydrogens is 246 g/mol. The molecule has 0 aromatic carbocycles. The van der Waals surface area contributed by atoms with Crippen LogP contribution < -0.4 is 10.5 Å². The lowest BCUT2D eigenvalue weighted by molar-refractivity contribution is -0.142. The van der Waals surface area contributed by atoms with Crippen LogP contribution in [0.3, 0.4) is 0 Å². The van der Waals surface area contributed by atoms with Gasteiger partial charge in [-0.3, -0.25) is 9.78 Å². The van der Waals surface area contributed by atoms with Crippen LogP contribution >= 0.6 is 0 Å². The van der Waals surface area contributed by atoms with E-state index in [9.17, 15) is 4.79 Å². The Balaban J connectivity index is 1.91. The number of pyridine rings is 1. The van der Waals surface area contributed by atoms with Gasteiger partial charge in [0.2, 0.25) is 0 Å². The van der Waals surface area contributed by atoms with Gasteiger partial charge < -0.3 is 20.1 Å². The quantitative estimate of drug-likeness (QED) is 0.839. The molecular formula is C13H19N3O3. The van der Waals surface area contributed by atoms with Gasteiger partial charge in [-0.05, 0) is 19.1 Å². The van der Waals surface area contributed by atoms with Crippen molar-refractivity contribution in [2.75, 3.05) is 26.3 Å². The molecule has 2 rings (SSSR count). The summed E-state index contributed by atoms with van der Waals surface area (Å²) >= 11 is 0. The average Bonchev–Trinajstić information content (AvgIpc) is 2.48. The highest BCUT2D eigenvalue weighted by atomic mass is 16.5. The normalized spacial score (nSPS) is 17.1. The smallest absolute Gasteiger partial charge is 0.263 e. The second kappa shape index (κ2) is 6.49. The van der Waals surface area contributed by atoms with Gasteiger partial charge in [0.25, 0.3) is 5.91 Å². The number of carbonyl (C=O) groups is 1. The first kappa shape index (κ1) is 13.8. The highest BCUT2D eigenvalue weighted by Crippen LogP contribution is 2.12. The Morgan fingerprint density at radius 2 is 2.26 bits per heavy atom. The molecule has 1 atom stereocenters. The Kier molecular flexibility index (Phi) is 4.70. The zero-order valence-electron chi connectivity index (χ0n) is 11.0. The predicted molar refractivity (Wildman–Crippen MR) is 69.6 cm³/mol. The fourth-order valence-electron chi connectivity index (χ4n) is 1.90. The number of amides is 1. The summed E-state index contributed by atoms with van der Waals surface area (Å²) in [5.41, 5.74) is 6.26. The first-order valence-electron chi connectivity index (χ1n) is 6.39. The van der Waals surface area contributed by atoms with E-state index in [-0.39, 0.29) is 5.91 Å². The number of hydrogen-bond acceptors (Lipinski definition) is 5. The maximum absolute atomic E-state index is 12.1. The van der Waals surface area contributed by atoms with Crippen LogP contribution in [-0.2, 0) is 16.1 Å². The summed E-state index contributed by atoms with van der Waals surface area (Å²) in [5, 5.41) is 0. The van der Waals surface area contributed by atoms with Crippen LogP contribution in [0.2, 0.25) is 0 Å². The molecule has 0 aliphatic carbocycles. The third-order valence-corrected chi connectivity index (χ3v) is 2.99. The van der Waals surface area contributed by atoms with Crippen molar-refractivity contribution in [2.24, 2.45) is 5.73 Å². The van der Waals surface area contributed by atoms with E-state index in [0.29, 0.717) is 38.6 Å². The molecule has 1 fully saturated rings. The number of hydrogen-bond donors (Lipinski definition) is 1. The van der Waals surface area contributed by atoms with E-state index in [1.807, 2.05) is 0 Å². The van der Waals surface area contributed by atoms with E-state index >= 15 is 0 Å². The summed E-state index contributed by atoms with van der Waals surface area (Å²) in [6, 6.07) is 3.57. The van der Waals surface area contributed by atoms with Crippen LogP contribution in [0.5, 0.6) is 5.75 Å². The minimum Gasteiger partial charge on any atom is -0.479 e. The Morgan fingerprint density at radius 3 is 2.84 bits per heavy atom. The van der Waals surface area contributed by atoms with Gasteiger partial charge >= 0.3 is 0 Å². The predicted octanol–water partition coefficient (Wildman–Crippen LogP) is 0.166. The molecule has 19 heavy (non-hydrogen) atoms. The van der Waals surface area contributed by atoms with Gasteiger partial charge in [0.1, 0.15) is 5.75 Å². The molecule has 0 saturated carbocycles.